The van der Waals surface area contributed by atoms with Crippen molar-refractivity contribution in [2.24, 2.45) is 29.6 Å². The largest absolute Gasteiger partial charge is 0.269 e. The Kier molecular flexibility index (Phi) is 6.75. The molecule has 0 saturated heterocycles. The zero-order valence-corrected chi connectivity index (χ0v) is 15.5. The summed E-state index contributed by atoms with van der Waals surface area (Å²) in [5.41, 5.74) is 0.441. The minimum absolute atomic E-state index is 0.441. The van der Waals surface area contributed by atoms with Gasteiger partial charge in [0.25, 0.3) is 6.08 Å². The van der Waals surface area contributed by atoms with Crippen LogP contribution in [0.1, 0.15) is 96.8 Å². The van der Waals surface area contributed by atoms with Crippen LogP contribution in [-0.2, 0) is 0 Å². The van der Waals surface area contributed by atoms with E-state index in [1.54, 1.807) is 0 Å². The summed E-state index contributed by atoms with van der Waals surface area (Å²) in [7, 11) is 0. The smallest absolute Gasteiger partial charge is 0.173 e. The Morgan fingerprint density at radius 2 is 1.04 bits per heavy atom. The maximum Gasteiger partial charge on any atom is 0.269 e. The average Bonchev–Trinajstić information content (AvgIpc) is 2.59. The van der Waals surface area contributed by atoms with Crippen molar-refractivity contribution in [2.45, 2.75) is 96.8 Å². The van der Waals surface area contributed by atoms with Crippen LogP contribution in [0.15, 0.2) is 11.7 Å². The van der Waals surface area contributed by atoms with Crippen LogP contribution in [-0.4, -0.2) is 0 Å². The van der Waals surface area contributed by atoms with Crippen LogP contribution in [0.2, 0.25) is 0 Å². The number of halogens is 2. The van der Waals surface area contributed by atoms with Gasteiger partial charge in [-0.25, -0.2) is 0 Å². The molecule has 3 rings (SSSR count). The Balaban J connectivity index is 1.33. The second kappa shape index (κ2) is 8.81. The van der Waals surface area contributed by atoms with E-state index in [0.717, 1.165) is 42.4 Å². The van der Waals surface area contributed by atoms with Gasteiger partial charge in [-0.3, -0.25) is 0 Å². The lowest BCUT2D eigenvalue weighted by atomic mass is 9.71. The first-order chi connectivity index (χ1) is 11.6. The van der Waals surface area contributed by atoms with E-state index in [-0.39, 0.29) is 0 Å². The minimum Gasteiger partial charge on any atom is -0.173 e. The molecule has 0 N–H and O–H groups in total. The number of allylic oxidation sites excluding steroid dienone is 1. The van der Waals surface area contributed by atoms with Crippen LogP contribution in [0, 0.1) is 29.6 Å². The van der Waals surface area contributed by atoms with E-state index in [2.05, 4.69) is 6.92 Å². The summed E-state index contributed by atoms with van der Waals surface area (Å²) in [5, 5.41) is 0. The number of hydrogen-bond acceptors (Lipinski definition) is 0. The summed E-state index contributed by atoms with van der Waals surface area (Å²) in [5.74, 6) is 4.57. The van der Waals surface area contributed by atoms with Crippen LogP contribution < -0.4 is 0 Å². The van der Waals surface area contributed by atoms with Crippen molar-refractivity contribution < 1.29 is 8.78 Å². The Hall–Kier alpha value is -0.400. The van der Waals surface area contributed by atoms with Gasteiger partial charge in [-0.2, -0.15) is 8.78 Å². The van der Waals surface area contributed by atoms with E-state index in [4.69, 9.17) is 0 Å². The topological polar surface area (TPSA) is 0 Å². The van der Waals surface area contributed by atoms with Crippen molar-refractivity contribution in [3.8, 4) is 0 Å². The molecule has 138 valence electrons. The SMILES string of the molecule is CC1CCC(CC2CCC(CC3CCC(=C(F)F)CC3)CC2)CC1. The third-order valence-corrected chi connectivity index (χ3v) is 7.41. The van der Waals surface area contributed by atoms with Gasteiger partial charge in [0.2, 0.25) is 0 Å². The molecule has 0 spiro atoms. The van der Waals surface area contributed by atoms with Crippen LogP contribution >= 0.6 is 0 Å². The van der Waals surface area contributed by atoms with Gasteiger partial charge in [-0.15, -0.1) is 0 Å². The summed E-state index contributed by atoms with van der Waals surface area (Å²) in [4.78, 5) is 0. The molecule has 0 aliphatic heterocycles. The van der Waals surface area contributed by atoms with Gasteiger partial charge in [0.15, 0.2) is 0 Å². The monoisotopic (exact) mass is 338 g/mol. The first-order valence-corrected chi connectivity index (χ1v) is 10.6. The minimum atomic E-state index is -1.40. The zero-order chi connectivity index (χ0) is 16.9. The normalized spacial score (nSPS) is 38.1. The van der Waals surface area contributed by atoms with Crippen LogP contribution in [0.5, 0.6) is 0 Å². The van der Waals surface area contributed by atoms with Gasteiger partial charge < -0.3 is 0 Å². The quantitative estimate of drug-likeness (QED) is 0.491. The van der Waals surface area contributed by atoms with Gasteiger partial charge in [-0.1, -0.05) is 58.3 Å². The Morgan fingerprint density at radius 1 is 0.667 bits per heavy atom. The third-order valence-electron chi connectivity index (χ3n) is 7.41. The number of hydrogen-bond donors (Lipinski definition) is 0. The summed E-state index contributed by atoms with van der Waals surface area (Å²) < 4.78 is 25.3. The maximum absolute atomic E-state index is 12.6. The molecule has 0 bridgehead atoms. The van der Waals surface area contributed by atoms with Crippen molar-refractivity contribution in [3.05, 3.63) is 11.7 Å². The molecule has 2 heteroatoms. The van der Waals surface area contributed by atoms with Crippen molar-refractivity contribution in [2.75, 3.05) is 0 Å². The summed E-state index contributed by atoms with van der Waals surface area (Å²) in [6.07, 6.45) is 16.3. The van der Waals surface area contributed by atoms with Gasteiger partial charge in [0, 0.05) is 0 Å². The molecule has 3 fully saturated rings. The second-order valence-corrected chi connectivity index (χ2v) is 9.29. The Labute approximate surface area is 147 Å². The lowest BCUT2D eigenvalue weighted by Crippen LogP contribution is -2.22. The number of rotatable bonds is 4. The molecule has 0 aromatic heterocycles. The van der Waals surface area contributed by atoms with E-state index in [9.17, 15) is 8.78 Å². The standard InChI is InChI=1S/C22H36F2/c1-16-2-4-17(5-3-16)14-18-6-8-19(9-7-18)15-20-10-12-21(13-11-20)22(23)24/h16-20H,2-15H2,1H3. The van der Waals surface area contributed by atoms with Crippen LogP contribution in [0.4, 0.5) is 8.78 Å². The first-order valence-electron chi connectivity index (χ1n) is 10.6. The Morgan fingerprint density at radius 3 is 1.46 bits per heavy atom. The lowest BCUT2D eigenvalue weighted by Gasteiger charge is -2.35. The Bertz CT molecular complexity index is 398. The fourth-order valence-electron chi connectivity index (χ4n) is 5.66. The predicted molar refractivity (Wildman–Crippen MR) is 97.0 cm³/mol. The van der Waals surface area contributed by atoms with Crippen LogP contribution in [0.3, 0.4) is 0 Å². The molecular weight excluding hydrogens is 302 g/mol. The highest BCUT2D eigenvalue weighted by molar-refractivity contribution is 5.05. The van der Waals surface area contributed by atoms with Crippen molar-refractivity contribution in [1.82, 2.24) is 0 Å². The summed E-state index contributed by atoms with van der Waals surface area (Å²) in [6, 6.07) is 0. The third kappa shape index (κ3) is 5.30. The highest BCUT2D eigenvalue weighted by Crippen LogP contribution is 2.42. The van der Waals surface area contributed by atoms with Gasteiger partial charge in [0.1, 0.15) is 0 Å². The molecule has 3 aliphatic carbocycles. The lowest BCUT2D eigenvalue weighted by molar-refractivity contribution is 0.177. The molecule has 3 saturated carbocycles. The molecule has 0 aromatic carbocycles. The van der Waals surface area contributed by atoms with Gasteiger partial charge in [0.05, 0.1) is 0 Å². The fourth-order valence-corrected chi connectivity index (χ4v) is 5.66. The molecule has 24 heavy (non-hydrogen) atoms. The van der Waals surface area contributed by atoms with Crippen molar-refractivity contribution >= 4 is 0 Å². The molecule has 0 unspecified atom stereocenters. The first kappa shape index (κ1) is 18.4. The molecule has 0 heterocycles. The molecule has 0 nitrogen and oxygen atoms in total. The molecular formula is C22H36F2. The average molecular weight is 339 g/mol. The highest BCUT2D eigenvalue weighted by Gasteiger charge is 2.28. The molecule has 0 amide bonds. The van der Waals surface area contributed by atoms with Crippen molar-refractivity contribution in [1.29, 1.82) is 0 Å². The maximum atomic E-state index is 12.6. The van der Waals surface area contributed by atoms with Gasteiger partial charge >= 0.3 is 0 Å². The van der Waals surface area contributed by atoms with Crippen molar-refractivity contribution in [3.63, 3.8) is 0 Å². The molecule has 0 aromatic rings. The van der Waals surface area contributed by atoms with Crippen LogP contribution in [0.25, 0.3) is 0 Å². The van der Waals surface area contributed by atoms with E-state index in [1.165, 1.54) is 64.2 Å². The second-order valence-electron chi connectivity index (χ2n) is 9.29. The van der Waals surface area contributed by atoms with E-state index >= 15 is 0 Å². The van der Waals surface area contributed by atoms with Gasteiger partial charge in [-0.05, 0) is 73.7 Å². The van der Waals surface area contributed by atoms with E-state index < -0.39 is 6.08 Å². The molecule has 0 radical (unpaired) electrons. The summed E-state index contributed by atoms with van der Waals surface area (Å²) >= 11 is 0. The van der Waals surface area contributed by atoms with E-state index in [0.29, 0.717) is 18.4 Å². The zero-order valence-electron chi connectivity index (χ0n) is 15.5. The highest BCUT2D eigenvalue weighted by atomic mass is 19.3. The van der Waals surface area contributed by atoms with E-state index in [1.807, 2.05) is 0 Å². The fraction of sp³-hybridized carbons (Fsp3) is 0.909. The molecule has 3 aliphatic rings. The summed E-state index contributed by atoms with van der Waals surface area (Å²) in [6.45, 7) is 2.41. The predicted octanol–water partition coefficient (Wildman–Crippen LogP) is 7.74. The molecule has 0 atom stereocenters.